The predicted octanol–water partition coefficient (Wildman–Crippen LogP) is 1.21. The van der Waals surface area contributed by atoms with Gasteiger partial charge in [-0.1, -0.05) is 20.4 Å². The Morgan fingerprint density at radius 3 is 2.24 bits per heavy atom. The van der Waals surface area contributed by atoms with E-state index in [1.807, 2.05) is 13.8 Å². The summed E-state index contributed by atoms with van der Waals surface area (Å²) in [4.78, 5) is 23.8. The largest absolute Gasteiger partial charge is 0.478 e. The molecule has 17 heavy (non-hydrogen) atoms. The fourth-order valence-electron chi connectivity index (χ4n) is 1.66. The Morgan fingerprint density at radius 1 is 1.35 bits per heavy atom. The van der Waals surface area contributed by atoms with Crippen molar-refractivity contribution in [1.82, 2.24) is 10.2 Å². The standard InChI is InChI=1S/C12H22N2O3/c1-5-14(6-2)11(13-10(4)15)8-7-9(3)12(16)17/h11H,3,5-8H2,1-2,4H3,(H,13,15)(H,16,17). The number of hydrogen-bond donors (Lipinski definition) is 2. The molecule has 0 spiro atoms. The van der Waals surface area contributed by atoms with E-state index in [0.717, 1.165) is 13.1 Å². The molecule has 0 aromatic rings. The van der Waals surface area contributed by atoms with Gasteiger partial charge in [-0.15, -0.1) is 0 Å². The molecule has 0 saturated carbocycles. The Kier molecular flexibility index (Phi) is 7.21. The van der Waals surface area contributed by atoms with Gasteiger partial charge in [0.15, 0.2) is 0 Å². The fourth-order valence-corrected chi connectivity index (χ4v) is 1.66. The molecule has 0 fully saturated rings. The van der Waals surface area contributed by atoms with Crippen molar-refractivity contribution in [3.05, 3.63) is 12.2 Å². The SMILES string of the molecule is C=C(CCC(NC(C)=O)N(CC)CC)C(=O)O. The van der Waals surface area contributed by atoms with Crippen LogP contribution in [0.15, 0.2) is 12.2 Å². The van der Waals surface area contributed by atoms with Crippen LogP contribution < -0.4 is 5.32 Å². The first-order chi connectivity index (χ1) is 7.92. The lowest BCUT2D eigenvalue weighted by atomic mass is 10.1. The topological polar surface area (TPSA) is 69.6 Å². The van der Waals surface area contributed by atoms with Gasteiger partial charge in [-0.2, -0.15) is 0 Å². The molecule has 1 atom stereocenters. The number of nitrogens with one attached hydrogen (secondary N) is 1. The third-order valence-electron chi connectivity index (χ3n) is 2.65. The molecule has 0 radical (unpaired) electrons. The van der Waals surface area contributed by atoms with E-state index in [1.54, 1.807) is 0 Å². The summed E-state index contributed by atoms with van der Waals surface area (Å²) in [5.74, 6) is -1.09. The third kappa shape index (κ3) is 6.06. The number of nitrogens with zero attached hydrogens (tertiary/aromatic N) is 1. The summed E-state index contributed by atoms with van der Waals surface area (Å²) in [5.41, 5.74) is 0.174. The third-order valence-corrected chi connectivity index (χ3v) is 2.65. The molecule has 0 aliphatic heterocycles. The van der Waals surface area contributed by atoms with Crippen LogP contribution in [0.3, 0.4) is 0 Å². The summed E-state index contributed by atoms with van der Waals surface area (Å²) in [6.45, 7) is 10.6. The van der Waals surface area contributed by atoms with E-state index in [4.69, 9.17) is 5.11 Å². The molecule has 0 heterocycles. The van der Waals surface area contributed by atoms with Crippen molar-refractivity contribution < 1.29 is 14.7 Å². The summed E-state index contributed by atoms with van der Waals surface area (Å²) in [7, 11) is 0. The zero-order valence-corrected chi connectivity index (χ0v) is 10.8. The highest BCUT2D eigenvalue weighted by Crippen LogP contribution is 2.09. The first kappa shape index (κ1) is 15.6. The van der Waals surface area contributed by atoms with Crippen LogP contribution in [0.25, 0.3) is 0 Å². The number of hydrogen-bond acceptors (Lipinski definition) is 3. The molecule has 5 heteroatoms. The van der Waals surface area contributed by atoms with E-state index in [-0.39, 0.29) is 17.6 Å². The van der Waals surface area contributed by atoms with Crippen molar-refractivity contribution in [3.8, 4) is 0 Å². The highest BCUT2D eigenvalue weighted by atomic mass is 16.4. The Hall–Kier alpha value is -1.36. The lowest BCUT2D eigenvalue weighted by Crippen LogP contribution is -2.47. The van der Waals surface area contributed by atoms with Crippen molar-refractivity contribution in [2.24, 2.45) is 0 Å². The Morgan fingerprint density at radius 2 is 1.88 bits per heavy atom. The predicted molar refractivity (Wildman–Crippen MR) is 66.5 cm³/mol. The van der Waals surface area contributed by atoms with Gasteiger partial charge in [-0.25, -0.2) is 4.79 Å². The fraction of sp³-hybridized carbons (Fsp3) is 0.667. The Bertz CT molecular complexity index is 285. The van der Waals surface area contributed by atoms with Crippen LogP contribution >= 0.6 is 0 Å². The first-order valence-electron chi connectivity index (χ1n) is 5.84. The summed E-state index contributed by atoms with van der Waals surface area (Å²) >= 11 is 0. The van der Waals surface area contributed by atoms with Crippen molar-refractivity contribution in [2.75, 3.05) is 13.1 Å². The van der Waals surface area contributed by atoms with Crippen LogP contribution in [0.2, 0.25) is 0 Å². The van der Waals surface area contributed by atoms with Crippen LogP contribution in [0.1, 0.15) is 33.6 Å². The second-order valence-corrected chi connectivity index (χ2v) is 3.88. The summed E-state index contributed by atoms with van der Waals surface area (Å²) in [5, 5.41) is 11.6. The van der Waals surface area contributed by atoms with Gasteiger partial charge in [0.2, 0.25) is 5.91 Å². The van der Waals surface area contributed by atoms with Gasteiger partial charge in [-0.05, 0) is 25.9 Å². The lowest BCUT2D eigenvalue weighted by Gasteiger charge is -2.30. The van der Waals surface area contributed by atoms with E-state index in [1.165, 1.54) is 6.92 Å². The van der Waals surface area contributed by atoms with Crippen LogP contribution in [-0.4, -0.2) is 41.1 Å². The number of carboxylic acids is 1. The summed E-state index contributed by atoms with van der Waals surface area (Å²) in [6, 6.07) is 0. The van der Waals surface area contributed by atoms with Crippen molar-refractivity contribution in [1.29, 1.82) is 0 Å². The normalized spacial score (nSPS) is 12.2. The van der Waals surface area contributed by atoms with Gasteiger partial charge in [0, 0.05) is 12.5 Å². The molecule has 0 aliphatic rings. The molecule has 1 amide bonds. The smallest absolute Gasteiger partial charge is 0.330 e. The summed E-state index contributed by atoms with van der Waals surface area (Å²) in [6.07, 6.45) is 0.807. The van der Waals surface area contributed by atoms with Crippen LogP contribution in [0, 0.1) is 0 Å². The molecule has 98 valence electrons. The highest BCUT2D eigenvalue weighted by Gasteiger charge is 2.17. The molecule has 0 aromatic heterocycles. The number of carbonyl (C=O) groups is 2. The molecule has 0 aliphatic carbocycles. The molecule has 1 unspecified atom stereocenters. The zero-order valence-electron chi connectivity index (χ0n) is 10.8. The minimum atomic E-state index is -0.980. The minimum Gasteiger partial charge on any atom is -0.478 e. The minimum absolute atomic E-state index is 0.108. The van der Waals surface area contributed by atoms with E-state index in [0.29, 0.717) is 12.8 Å². The number of aliphatic carboxylic acids is 1. The van der Waals surface area contributed by atoms with E-state index in [9.17, 15) is 9.59 Å². The van der Waals surface area contributed by atoms with Gasteiger partial charge < -0.3 is 10.4 Å². The maximum Gasteiger partial charge on any atom is 0.330 e. The van der Waals surface area contributed by atoms with Crippen molar-refractivity contribution >= 4 is 11.9 Å². The highest BCUT2D eigenvalue weighted by molar-refractivity contribution is 5.85. The van der Waals surface area contributed by atoms with Gasteiger partial charge in [-0.3, -0.25) is 9.69 Å². The number of carbonyl (C=O) groups excluding carboxylic acids is 1. The summed E-state index contributed by atoms with van der Waals surface area (Å²) < 4.78 is 0. The van der Waals surface area contributed by atoms with Gasteiger partial charge in [0.1, 0.15) is 0 Å². The molecule has 2 N–H and O–H groups in total. The number of carboxylic acid groups (broad SMARTS) is 1. The lowest BCUT2D eigenvalue weighted by molar-refractivity contribution is -0.132. The van der Waals surface area contributed by atoms with E-state index < -0.39 is 5.97 Å². The maximum atomic E-state index is 11.1. The average molecular weight is 242 g/mol. The number of rotatable bonds is 8. The monoisotopic (exact) mass is 242 g/mol. The quantitative estimate of drug-likeness (QED) is 0.496. The van der Waals surface area contributed by atoms with Crippen LogP contribution in [-0.2, 0) is 9.59 Å². The van der Waals surface area contributed by atoms with Gasteiger partial charge in [0.05, 0.1) is 6.17 Å². The van der Waals surface area contributed by atoms with Gasteiger partial charge >= 0.3 is 5.97 Å². The molecule has 0 aromatic carbocycles. The van der Waals surface area contributed by atoms with Crippen LogP contribution in [0.4, 0.5) is 0 Å². The Labute approximate surface area is 102 Å². The maximum absolute atomic E-state index is 11.1. The molecular formula is C12H22N2O3. The zero-order chi connectivity index (χ0) is 13.4. The molecular weight excluding hydrogens is 220 g/mol. The van der Waals surface area contributed by atoms with Crippen molar-refractivity contribution in [2.45, 2.75) is 39.8 Å². The van der Waals surface area contributed by atoms with Crippen LogP contribution in [0.5, 0.6) is 0 Å². The second-order valence-electron chi connectivity index (χ2n) is 3.88. The first-order valence-corrected chi connectivity index (χ1v) is 5.84. The van der Waals surface area contributed by atoms with E-state index in [2.05, 4.69) is 16.8 Å². The second kappa shape index (κ2) is 7.84. The van der Waals surface area contributed by atoms with Gasteiger partial charge in [0.25, 0.3) is 0 Å². The Balaban J connectivity index is 4.42. The van der Waals surface area contributed by atoms with E-state index >= 15 is 0 Å². The molecule has 0 rings (SSSR count). The average Bonchev–Trinajstić information content (AvgIpc) is 2.25. The molecule has 0 saturated heterocycles. The molecule has 0 bridgehead atoms. The van der Waals surface area contributed by atoms with Crippen molar-refractivity contribution in [3.63, 3.8) is 0 Å². The molecule has 5 nitrogen and oxygen atoms in total. The number of amides is 1.